The normalized spacial score (nSPS) is 12.0. The summed E-state index contributed by atoms with van der Waals surface area (Å²) in [7, 11) is 0. The van der Waals surface area contributed by atoms with Crippen molar-refractivity contribution in [3.8, 4) is 0 Å². The maximum Gasteiger partial charge on any atom is 0.306 e. The number of carbonyl (C=O) groups excluding carboxylic acids is 3. The zero-order chi connectivity index (χ0) is 53.6. The molecular formula is C68H130O6. The maximum atomic E-state index is 12.8. The summed E-state index contributed by atoms with van der Waals surface area (Å²) in [5.41, 5.74) is 0. The molecule has 0 aliphatic heterocycles. The molecule has 438 valence electrons. The molecule has 0 aromatic heterocycles. The minimum atomic E-state index is -0.765. The van der Waals surface area contributed by atoms with Gasteiger partial charge in [0.15, 0.2) is 6.10 Å². The Labute approximate surface area is 462 Å². The fourth-order valence-corrected chi connectivity index (χ4v) is 10.4. The van der Waals surface area contributed by atoms with Crippen molar-refractivity contribution < 1.29 is 28.6 Å². The van der Waals surface area contributed by atoms with Crippen molar-refractivity contribution in [2.75, 3.05) is 13.2 Å². The Kier molecular flexibility index (Phi) is 62.1. The van der Waals surface area contributed by atoms with Crippen molar-refractivity contribution >= 4 is 17.9 Å². The van der Waals surface area contributed by atoms with Crippen LogP contribution in [0.25, 0.3) is 0 Å². The van der Waals surface area contributed by atoms with Gasteiger partial charge in [0.1, 0.15) is 13.2 Å². The molecule has 0 spiro atoms. The van der Waals surface area contributed by atoms with Crippen LogP contribution in [0.1, 0.15) is 387 Å². The van der Waals surface area contributed by atoms with E-state index in [1.165, 1.54) is 289 Å². The van der Waals surface area contributed by atoms with Crippen molar-refractivity contribution in [2.24, 2.45) is 0 Å². The molecule has 1 atom stereocenters. The maximum absolute atomic E-state index is 12.8. The van der Waals surface area contributed by atoms with Gasteiger partial charge >= 0.3 is 17.9 Å². The molecule has 0 radical (unpaired) electrons. The fourth-order valence-electron chi connectivity index (χ4n) is 10.4. The average Bonchev–Trinajstić information content (AvgIpc) is 3.40. The Morgan fingerprint density at radius 3 is 0.676 bits per heavy atom. The summed E-state index contributed by atoms with van der Waals surface area (Å²) in [5, 5.41) is 0. The van der Waals surface area contributed by atoms with Crippen LogP contribution in [0.2, 0.25) is 0 Å². The summed E-state index contributed by atoms with van der Waals surface area (Å²) in [5.74, 6) is -0.851. The van der Waals surface area contributed by atoms with Crippen molar-refractivity contribution in [1.29, 1.82) is 0 Å². The lowest BCUT2D eigenvalue weighted by molar-refractivity contribution is -0.167. The number of hydrogen-bond donors (Lipinski definition) is 0. The minimum absolute atomic E-state index is 0.0655. The van der Waals surface area contributed by atoms with Gasteiger partial charge in [-0.1, -0.05) is 335 Å². The van der Waals surface area contributed by atoms with Crippen molar-refractivity contribution in [2.45, 2.75) is 393 Å². The molecule has 0 N–H and O–H groups in total. The average molecular weight is 1040 g/mol. The standard InChI is InChI=1S/C68H130O6/c1-4-7-10-13-16-18-20-22-24-26-28-29-30-31-32-33-34-35-36-37-38-39-41-42-44-46-48-50-52-55-58-61-67(70)73-64-65(63-72-66(69)60-57-54-15-12-9-6-3)74-68(71)62-59-56-53-51-49-47-45-43-40-27-25-23-21-19-17-14-11-8-5-2/h23,25,65H,4-22,24,26-64H2,1-3H3/b25-23-. The van der Waals surface area contributed by atoms with Gasteiger partial charge in [-0.15, -0.1) is 0 Å². The minimum Gasteiger partial charge on any atom is -0.462 e. The van der Waals surface area contributed by atoms with Gasteiger partial charge in [0.25, 0.3) is 0 Å². The zero-order valence-corrected chi connectivity index (χ0v) is 50.4. The number of rotatable bonds is 63. The third-order valence-corrected chi connectivity index (χ3v) is 15.5. The number of esters is 3. The van der Waals surface area contributed by atoms with Gasteiger partial charge in [-0.05, 0) is 44.9 Å². The zero-order valence-electron chi connectivity index (χ0n) is 50.4. The van der Waals surface area contributed by atoms with Crippen molar-refractivity contribution in [3.63, 3.8) is 0 Å². The van der Waals surface area contributed by atoms with E-state index in [1.54, 1.807) is 0 Å². The molecule has 0 saturated heterocycles. The van der Waals surface area contributed by atoms with Gasteiger partial charge in [-0.25, -0.2) is 0 Å². The summed E-state index contributed by atoms with van der Waals surface area (Å²) in [6.07, 6.45) is 75.7. The number of allylic oxidation sites excluding steroid dienone is 2. The lowest BCUT2D eigenvalue weighted by Crippen LogP contribution is -2.30. The molecule has 74 heavy (non-hydrogen) atoms. The Morgan fingerprint density at radius 2 is 0.446 bits per heavy atom. The molecular weight excluding hydrogens is 913 g/mol. The molecule has 0 aromatic rings. The molecule has 0 bridgehead atoms. The van der Waals surface area contributed by atoms with Crippen molar-refractivity contribution in [3.05, 3.63) is 12.2 Å². The van der Waals surface area contributed by atoms with Crippen LogP contribution in [-0.4, -0.2) is 37.2 Å². The molecule has 0 aromatic carbocycles. The monoisotopic (exact) mass is 1040 g/mol. The molecule has 6 heteroatoms. The van der Waals surface area contributed by atoms with Crippen LogP contribution < -0.4 is 0 Å². The van der Waals surface area contributed by atoms with E-state index >= 15 is 0 Å². The van der Waals surface area contributed by atoms with E-state index in [-0.39, 0.29) is 31.1 Å². The van der Waals surface area contributed by atoms with E-state index < -0.39 is 6.10 Å². The summed E-state index contributed by atoms with van der Waals surface area (Å²) >= 11 is 0. The third-order valence-electron chi connectivity index (χ3n) is 15.5. The van der Waals surface area contributed by atoms with Crippen molar-refractivity contribution in [1.82, 2.24) is 0 Å². The first kappa shape index (κ1) is 72.2. The summed E-state index contributed by atoms with van der Waals surface area (Å²) < 4.78 is 16.8. The van der Waals surface area contributed by atoms with E-state index in [2.05, 4.69) is 32.9 Å². The molecule has 0 aliphatic carbocycles. The second-order valence-corrected chi connectivity index (χ2v) is 23.1. The fraction of sp³-hybridized carbons (Fsp3) is 0.926. The highest BCUT2D eigenvalue weighted by atomic mass is 16.6. The predicted molar refractivity (Wildman–Crippen MR) is 321 cm³/mol. The quantitative estimate of drug-likeness (QED) is 0.0261. The van der Waals surface area contributed by atoms with Crippen LogP contribution in [0.3, 0.4) is 0 Å². The van der Waals surface area contributed by atoms with E-state index in [0.717, 1.165) is 57.8 Å². The highest BCUT2D eigenvalue weighted by molar-refractivity contribution is 5.71. The van der Waals surface area contributed by atoms with E-state index in [1.807, 2.05) is 0 Å². The molecule has 0 heterocycles. The first-order valence-corrected chi connectivity index (χ1v) is 33.7. The van der Waals surface area contributed by atoms with Crippen LogP contribution in [0.15, 0.2) is 12.2 Å². The number of carbonyl (C=O) groups is 3. The van der Waals surface area contributed by atoms with Crippen LogP contribution >= 0.6 is 0 Å². The van der Waals surface area contributed by atoms with E-state index in [4.69, 9.17) is 14.2 Å². The van der Waals surface area contributed by atoms with Crippen LogP contribution in [0.5, 0.6) is 0 Å². The number of ether oxygens (including phenoxy) is 3. The molecule has 0 saturated carbocycles. The highest BCUT2D eigenvalue weighted by Gasteiger charge is 2.19. The number of unbranched alkanes of at least 4 members (excludes halogenated alkanes) is 50. The summed E-state index contributed by atoms with van der Waals surface area (Å²) in [6, 6.07) is 0. The van der Waals surface area contributed by atoms with Gasteiger partial charge in [0, 0.05) is 19.3 Å². The smallest absolute Gasteiger partial charge is 0.306 e. The Balaban J connectivity index is 3.93. The van der Waals surface area contributed by atoms with E-state index in [0.29, 0.717) is 19.3 Å². The lowest BCUT2D eigenvalue weighted by atomic mass is 10.0. The summed E-state index contributed by atoms with van der Waals surface area (Å²) in [6.45, 7) is 6.65. The predicted octanol–water partition coefficient (Wildman–Crippen LogP) is 22.8. The van der Waals surface area contributed by atoms with Gasteiger partial charge in [0.05, 0.1) is 0 Å². The molecule has 1 unspecified atom stereocenters. The molecule has 0 aliphatic rings. The lowest BCUT2D eigenvalue weighted by Gasteiger charge is -2.18. The SMILES string of the molecule is CCCCCCCC/C=C\CCCCCCCCCCCC(=O)OC(COC(=O)CCCCCCCC)COC(=O)CCCCCCCCCCCCCCCCCCCCCCCCCCCCCCCCC. The second kappa shape index (κ2) is 63.7. The topological polar surface area (TPSA) is 78.9 Å². The number of hydrogen-bond acceptors (Lipinski definition) is 6. The van der Waals surface area contributed by atoms with Gasteiger partial charge in [-0.3, -0.25) is 14.4 Å². The van der Waals surface area contributed by atoms with E-state index in [9.17, 15) is 14.4 Å². The largest absolute Gasteiger partial charge is 0.462 e. The first-order valence-electron chi connectivity index (χ1n) is 33.7. The van der Waals surface area contributed by atoms with Gasteiger partial charge in [-0.2, -0.15) is 0 Å². The van der Waals surface area contributed by atoms with Gasteiger partial charge < -0.3 is 14.2 Å². The van der Waals surface area contributed by atoms with Crippen LogP contribution in [-0.2, 0) is 28.6 Å². The Hall–Kier alpha value is -1.85. The Morgan fingerprint density at radius 1 is 0.257 bits per heavy atom. The Bertz CT molecular complexity index is 1150. The summed E-state index contributed by atoms with van der Waals surface area (Å²) in [4.78, 5) is 38.0. The van der Waals surface area contributed by atoms with Crippen LogP contribution in [0.4, 0.5) is 0 Å². The highest BCUT2D eigenvalue weighted by Crippen LogP contribution is 2.19. The third kappa shape index (κ3) is 61.0. The molecule has 0 amide bonds. The first-order chi connectivity index (χ1) is 36.5. The molecule has 0 rings (SSSR count). The second-order valence-electron chi connectivity index (χ2n) is 23.1. The molecule has 0 fully saturated rings. The van der Waals surface area contributed by atoms with Gasteiger partial charge in [0.2, 0.25) is 0 Å². The van der Waals surface area contributed by atoms with Crippen LogP contribution in [0, 0.1) is 0 Å². The molecule has 6 nitrogen and oxygen atoms in total.